The molecular formula is C14H23N3. The predicted molar refractivity (Wildman–Crippen MR) is 74.3 cm³/mol. The van der Waals surface area contributed by atoms with E-state index in [0.717, 1.165) is 29.4 Å². The third-order valence-corrected chi connectivity index (χ3v) is 3.72. The molecule has 1 fully saturated rings. The van der Waals surface area contributed by atoms with Crippen molar-refractivity contribution < 1.29 is 0 Å². The first-order valence-electron chi connectivity index (χ1n) is 6.52. The summed E-state index contributed by atoms with van der Waals surface area (Å²) in [6.45, 7) is 8.94. The zero-order valence-electron chi connectivity index (χ0n) is 10.9. The standard InChI is InChI=1S/C14H23N3/c1-3-17-8-7-12(10-17)9-16-13-6-4-5-11(2)14(13)15/h4-6,12,16H,3,7-10,15H2,1-2H3. The molecule has 17 heavy (non-hydrogen) atoms. The average molecular weight is 233 g/mol. The molecule has 3 heteroatoms. The average Bonchev–Trinajstić information content (AvgIpc) is 2.79. The minimum atomic E-state index is 0.759. The predicted octanol–water partition coefficient (Wildman–Crippen LogP) is 2.33. The van der Waals surface area contributed by atoms with E-state index in [9.17, 15) is 0 Å². The second-order valence-electron chi connectivity index (χ2n) is 4.96. The van der Waals surface area contributed by atoms with Crippen LogP contribution in [-0.4, -0.2) is 31.1 Å². The summed E-state index contributed by atoms with van der Waals surface area (Å²) in [6, 6.07) is 6.17. The first kappa shape index (κ1) is 12.2. The number of para-hydroxylation sites is 1. The summed E-state index contributed by atoms with van der Waals surface area (Å²) >= 11 is 0. The number of nitrogens with one attached hydrogen (secondary N) is 1. The van der Waals surface area contributed by atoms with Crippen LogP contribution in [0.2, 0.25) is 0 Å². The molecule has 1 unspecified atom stereocenters. The smallest absolute Gasteiger partial charge is 0.0579 e. The van der Waals surface area contributed by atoms with Gasteiger partial charge in [0.15, 0.2) is 0 Å². The molecule has 1 saturated heterocycles. The molecule has 1 aromatic rings. The number of hydrogen-bond donors (Lipinski definition) is 2. The van der Waals surface area contributed by atoms with Crippen molar-refractivity contribution >= 4 is 11.4 Å². The number of hydrogen-bond acceptors (Lipinski definition) is 3. The topological polar surface area (TPSA) is 41.3 Å². The molecule has 0 spiro atoms. The van der Waals surface area contributed by atoms with Gasteiger partial charge in [0.25, 0.3) is 0 Å². The Hall–Kier alpha value is -1.22. The van der Waals surface area contributed by atoms with Gasteiger partial charge >= 0.3 is 0 Å². The molecule has 1 aliphatic heterocycles. The second kappa shape index (κ2) is 5.41. The molecule has 94 valence electrons. The number of nitrogens with two attached hydrogens (primary N) is 1. The molecule has 3 nitrogen and oxygen atoms in total. The fourth-order valence-corrected chi connectivity index (χ4v) is 2.46. The van der Waals surface area contributed by atoms with E-state index in [4.69, 9.17) is 5.73 Å². The molecule has 3 N–H and O–H groups in total. The van der Waals surface area contributed by atoms with Gasteiger partial charge in [0, 0.05) is 13.1 Å². The third kappa shape index (κ3) is 2.91. The summed E-state index contributed by atoms with van der Waals surface area (Å²) in [5.74, 6) is 0.759. The van der Waals surface area contributed by atoms with Crippen LogP contribution in [-0.2, 0) is 0 Å². The molecule has 0 aromatic heterocycles. The quantitative estimate of drug-likeness (QED) is 0.784. The van der Waals surface area contributed by atoms with Crippen LogP contribution < -0.4 is 11.1 Å². The van der Waals surface area contributed by atoms with Crippen molar-refractivity contribution in [2.45, 2.75) is 20.3 Å². The van der Waals surface area contributed by atoms with Crippen LogP contribution in [0.15, 0.2) is 18.2 Å². The van der Waals surface area contributed by atoms with Gasteiger partial charge in [0.1, 0.15) is 0 Å². The van der Waals surface area contributed by atoms with Crippen LogP contribution in [0.25, 0.3) is 0 Å². The van der Waals surface area contributed by atoms with Gasteiger partial charge in [0.2, 0.25) is 0 Å². The Balaban J connectivity index is 1.88. The molecule has 1 heterocycles. The van der Waals surface area contributed by atoms with E-state index in [1.165, 1.54) is 26.1 Å². The highest BCUT2D eigenvalue weighted by molar-refractivity contribution is 5.69. The number of rotatable bonds is 4. The van der Waals surface area contributed by atoms with Crippen molar-refractivity contribution in [1.29, 1.82) is 0 Å². The Morgan fingerprint density at radius 2 is 2.29 bits per heavy atom. The Kier molecular flexibility index (Phi) is 3.89. The maximum Gasteiger partial charge on any atom is 0.0579 e. The maximum atomic E-state index is 6.05. The highest BCUT2D eigenvalue weighted by Crippen LogP contribution is 2.23. The Morgan fingerprint density at radius 3 is 3.00 bits per heavy atom. The molecule has 1 aliphatic rings. The molecule has 0 amide bonds. The molecule has 0 saturated carbocycles. The number of anilines is 2. The molecular weight excluding hydrogens is 210 g/mol. The summed E-state index contributed by atoms with van der Waals surface area (Å²) in [4.78, 5) is 2.51. The van der Waals surface area contributed by atoms with E-state index in [1.807, 2.05) is 0 Å². The monoisotopic (exact) mass is 233 g/mol. The first-order chi connectivity index (χ1) is 8.20. The lowest BCUT2D eigenvalue weighted by molar-refractivity contribution is 0.345. The maximum absolute atomic E-state index is 6.05. The number of nitrogens with zero attached hydrogens (tertiary/aromatic N) is 1. The fourth-order valence-electron chi connectivity index (χ4n) is 2.46. The van der Waals surface area contributed by atoms with Gasteiger partial charge in [-0.25, -0.2) is 0 Å². The van der Waals surface area contributed by atoms with E-state index in [-0.39, 0.29) is 0 Å². The molecule has 1 aromatic carbocycles. The van der Waals surface area contributed by atoms with E-state index in [1.54, 1.807) is 0 Å². The van der Waals surface area contributed by atoms with Crippen LogP contribution >= 0.6 is 0 Å². The molecule has 0 aliphatic carbocycles. The van der Waals surface area contributed by atoms with Crippen molar-refractivity contribution in [2.75, 3.05) is 37.2 Å². The lowest BCUT2D eigenvalue weighted by Gasteiger charge is -2.16. The highest BCUT2D eigenvalue weighted by Gasteiger charge is 2.20. The van der Waals surface area contributed by atoms with Crippen LogP contribution in [0.1, 0.15) is 18.9 Å². The van der Waals surface area contributed by atoms with Crippen LogP contribution in [0.4, 0.5) is 11.4 Å². The molecule has 1 atom stereocenters. The summed E-state index contributed by atoms with van der Waals surface area (Å²) in [5, 5.41) is 3.49. The Bertz CT molecular complexity index is 376. The van der Waals surface area contributed by atoms with Crippen LogP contribution in [0.5, 0.6) is 0 Å². The number of likely N-dealkylation sites (tertiary alicyclic amines) is 1. The van der Waals surface area contributed by atoms with Crippen LogP contribution in [0, 0.1) is 12.8 Å². The molecule has 0 radical (unpaired) electrons. The van der Waals surface area contributed by atoms with Gasteiger partial charge in [-0.05, 0) is 44.0 Å². The molecule has 0 bridgehead atoms. The fraction of sp³-hybridized carbons (Fsp3) is 0.571. The van der Waals surface area contributed by atoms with Gasteiger partial charge in [-0.15, -0.1) is 0 Å². The normalized spacial score (nSPS) is 20.7. The third-order valence-electron chi connectivity index (χ3n) is 3.72. The summed E-state index contributed by atoms with van der Waals surface area (Å²) in [7, 11) is 0. The number of nitrogen functional groups attached to an aromatic ring is 1. The lowest BCUT2D eigenvalue weighted by Crippen LogP contribution is -2.22. The van der Waals surface area contributed by atoms with E-state index < -0.39 is 0 Å². The molecule has 2 rings (SSSR count). The van der Waals surface area contributed by atoms with Gasteiger partial charge in [-0.2, -0.15) is 0 Å². The van der Waals surface area contributed by atoms with Gasteiger partial charge in [-0.3, -0.25) is 0 Å². The number of aryl methyl sites for hydroxylation is 1. The Morgan fingerprint density at radius 1 is 1.47 bits per heavy atom. The minimum absolute atomic E-state index is 0.759. The minimum Gasteiger partial charge on any atom is -0.397 e. The zero-order valence-corrected chi connectivity index (χ0v) is 10.9. The van der Waals surface area contributed by atoms with Gasteiger partial charge in [0.05, 0.1) is 11.4 Å². The van der Waals surface area contributed by atoms with Gasteiger partial charge < -0.3 is 16.0 Å². The van der Waals surface area contributed by atoms with Crippen LogP contribution in [0.3, 0.4) is 0 Å². The summed E-state index contributed by atoms with van der Waals surface area (Å²) in [6.07, 6.45) is 1.30. The zero-order chi connectivity index (χ0) is 12.3. The van der Waals surface area contributed by atoms with Crippen molar-refractivity contribution in [3.8, 4) is 0 Å². The highest BCUT2D eigenvalue weighted by atomic mass is 15.1. The van der Waals surface area contributed by atoms with Crippen molar-refractivity contribution in [3.63, 3.8) is 0 Å². The van der Waals surface area contributed by atoms with Gasteiger partial charge in [-0.1, -0.05) is 19.1 Å². The summed E-state index contributed by atoms with van der Waals surface area (Å²) in [5.41, 5.74) is 9.17. The Labute approximate surface area is 104 Å². The van der Waals surface area contributed by atoms with Crippen molar-refractivity contribution in [1.82, 2.24) is 4.90 Å². The number of benzene rings is 1. The largest absolute Gasteiger partial charge is 0.397 e. The summed E-state index contributed by atoms with van der Waals surface area (Å²) < 4.78 is 0. The van der Waals surface area contributed by atoms with Crippen molar-refractivity contribution in [2.24, 2.45) is 5.92 Å². The van der Waals surface area contributed by atoms with E-state index in [2.05, 4.69) is 42.3 Å². The first-order valence-corrected chi connectivity index (χ1v) is 6.52. The SMILES string of the molecule is CCN1CCC(CNc2cccc(C)c2N)C1. The second-order valence-corrected chi connectivity index (χ2v) is 4.96. The van der Waals surface area contributed by atoms with Crippen molar-refractivity contribution in [3.05, 3.63) is 23.8 Å². The lowest BCUT2D eigenvalue weighted by atomic mass is 10.1. The van der Waals surface area contributed by atoms with E-state index >= 15 is 0 Å². The van der Waals surface area contributed by atoms with E-state index in [0.29, 0.717) is 0 Å².